The zero-order chi connectivity index (χ0) is 13.1. The molecular formula is C14H20N4. The van der Waals surface area contributed by atoms with Crippen molar-refractivity contribution in [3.63, 3.8) is 0 Å². The van der Waals surface area contributed by atoms with Gasteiger partial charge in [0.15, 0.2) is 0 Å². The second kappa shape index (κ2) is 5.31. The topological polar surface area (TPSA) is 56.7 Å². The fourth-order valence-electron chi connectivity index (χ4n) is 1.75. The third kappa shape index (κ3) is 2.59. The minimum atomic E-state index is 0.0166. The van der Waals surface area contributed by atoms with E-state index in [1.54, 1.807) is 0 Å². The highest BCUT2D eigenvalue weighted by molar-refractivity contribution is 5.30. The second-order valence-electron chi connectivity index (χ2n) is 4.80. The molecule has 4 nitrogen and oxygen atoms in total. The molecule has 0 saturated heterocycles. The average molecular weight is 244 g/mol. The molecule has 0 fully saturated rings. The minimum absolute atomic E-state index is 0.0166. The zero-order valence-corrected chi connectivity index (χ0v) is 11.2. The van der Waals surface area contributed by atoms with E-state index in [1.165, 1.54) is 0 Å². The first kappa shape index (κ1) is 12.8. The van der Waals surface area contributed by atoms with E-state index < -0.39 is 0 Å². The van der Waals surface area contributed by atoms with Crippen LogP contribution in [0.3, 0.4) is 0 Å². The van der Waals surface area contributed by atoms with Crippen LogP contribution in [0.15, 0.2) is 30.6 Å². The van der Waals surface area contributed by atoms with Gasteiger partial charge in [-0.2, -0.15) is 5.10 Å². The summed E-state index contributed by atoms with van der Waals surface area (Å²) in [6.07, 6.45) is 4.68. The van der Waals surface area contributed by atoms with Gasteiger partial charge < -0.3 is 5.73 Å². The summed E-state index contributed by atoms with van der Waals surface area (Å²) < 4.78 is 1.85. The third-order valence-corrected chi connectivity index (χ3v) is 3.06. The lowest BCUT2D eigenvalue weighted by Gasteiger charge is -2.08. The molecule has 0 aromatic carbocycles. The van der Waals surface area contributed by atoms with Crippen molar-refractivity contribution in [2.45, 2.75) is 39.2 Å². The molecule has 4 heteroatoms. The molecule has 0 saturated carbocycles. The van der Waals surface area contributed by atoms with Gasteiger partial charge in [0.25, 0.3) is 0 Å². The van der Waals surface area contributed by atoms with Crippen LogP contribution < -0.4 is 5.73 Å². The lowest BCUT2D eigenvalue weighted by atomic mass is 10.1. The lowest BCUT2D eigenvalue weighted by molar-refractivity contribution is 0.673. The number of nitrogens with zero attached hydrogens (tertiary/aromatic N) is 3. The van der Waals surface area contributed by atoms with Crippen molar-refractivity contribution in [1.82, 2.24) is 14.8 Å². The summed E-state index contributed by atoms with van der Waals surface area (Å²) in [5.74, 6) is 0.437. The van der Waals surface area contributed by atoms with Crippen LogP contribution in [0.1, 0.15) is 50.5 Å². The summed E-state index contributed by atoms with van der Waals surface area (Å²) in [6.45, 7) is 6.32. The monoisotopic (exact) mass is 244 g/mol. The predicted molar refractivity (Wildman–Crippen MR) is 72.7 cm³/mol. The molecule has 2 aromatic heterocycles. The molecule has 2 N–H and O–H groups in total. The number of aromatic nitrogens is 3. The smallest absolute Gasteiger partial charge is 0.0829 e. The number of pyridine rings is 1. The highest BCUT2D eigenvalue weighted by Gasteiger charge is 2.07. The molecular weight excluding hydrogens is 224 g/mol. The van der Waals surface area contributed by atoms with Crippen LogP contribution in [-0.4, -0.2) is 14.8 Å². The quantitative estimate of drug-likeness (QED) is 0.899. The number of hydrogen-bond donors (Lipinski definition) is 1. The highest BCUT2D eigenvalue weighted by Crippen LogP contribution is 2.15. The summed E-state index contributed by atoms with van der Waals surface area (Å²) in [4.78, 5) is 4.39. The van der Waals surface area contributed by atoms with Crippen molar-refractivity contribution in [1.29, 1.82) is 0 Å². The van der Waals surface area contributed by atoms with Gasteiger partial charge in [-0.15, -0.1) is 0 Å². The summed E-state index contributed by atoms with van der Waals surface area (Å²) in [5.41, 5.74) is 8.92. The molecule has 2 rings (SSSR count). The van der Waals surface area contributed by atoms with E-state index >= 15 is 0 Å². The van der Waals surface area contributed by atoms with E-state index in [-0.39, 0.29) is 6.04 Å². The van der Waals surface area contributed by atoms with E-state index in [0.717, 1.165) is 23.5 Å². The van der Waals surface area contributed by atoms with Crippen molar-refractivity contribution in [2.75, 3.05) is 0 Å². The molecule has 0 aliphatic rings. The number of nitrogens with two attached hydrogens (primary N) is 1. The summed E-state index contributed by atoms with van der Waals surface area (Å²) in [5, 5.41) is 4.52. The fraction of sp³-hybridized carbons (Fsp3) is 0.429. The molecule has 0 aliphatic carbocycles. The van der Waals surface area contributed by atoms with Crippen molar-refractivity contribution in [3.8, 4) is 5.69 Å². The van der Waals surface area contributed by atoms with Gasteiger partial charge in [-0.05, 0) is 30.5 Å². The molecule has 0 unspecified atom stereocenters. The van der Waals surface area contributed by atoms with E-state index in [1.807, 2.05) is 35.3 Å². The maximum atomic E-state index is 5.94. The summed E-state index contributed by atoms with van der Waals surface area (Å²) in [7, 11) is 0. The van der Waals surface area contributed by atoms with Crippen molar-refractivity contribution in [3.05, 3.63) is 42.0 Å². The first-order valence-corrected chi connectivity index (χ1v) is 6.39. The van der Waals surface area contributed by atoms with E-state index in [4.69, 9.17) is 5.73 Å². The van der Waals surface area contributed by atoms with Gasteiger partial charge in [-0.1, -0.05) is 20.8 Å². The van der Waals surface area contributed by atoms with Crippen LogP contribution in [0, 0.1) is 0 Å². The maximum absolute atomic E-state index is 5.94. The highest BCUT2D eigenvalue weighted by atomic mass is 15.3. The fourth-order valence-corrected chi connectivity index (χ4v) is 1.75. The molecule has 0 amide bonds. The Morgan fingerprint density at radius 2 is 2.00 bits per heavy atom. The predicted octanol–water partition coefficient (Wildman–Crippen LogP) is 2.80. The van der Waals surface area contributed by atoms with Gasteiger partial charge in [-0.3, -0.25) is 4.98 Å². The van der Waals surface area contributed by atoms with Crippen LogP contribution in [-0.2, 0) is 0 Å². The molecule has 18 heavy (non-hydrogen) atoms. The van der Waals surface area contributed by atoms with Crippen LogP contribution in [0.2, 0.25) is 0 Å². The maximum Gasteiger partial charge on any atom is 0.0829 e. The van der Waals surface area contributed by atoms with Crippen molar-refractivity contribution in [2.24, 2.45) is 5.73 Å². The summed E-state index contributed by atoms with van der Waals surface area (Å²) >= 11 is 0. The zero-order valence-electron chi connectivity index (χ0n) is 11.2. The van der Waals surface area contributed by atoms with Gasteiger partial charge in [0.2, 0.25) is 0 Å². The molecule has 2 aromatic rings. The van der Waals surface area contributed by atoms with Gasteiger partial charge in [-0.25, -0.2) is 4.68 Å². The van der Waals surface area contributed by atoms with E-state index in [9.17, 15) is 0 Å². The largest absolute Gasteiger partial charge is 0.323 e. The standard InChI is InChI=1S/C14H20N4/c1-4-12(15)14-6-5-11(9-16-14)18-8-7-13(17-18)10(2)3/h5-10,12H,4,15H2,1-3H3/t12-/m0/s1. The Balaban J connectivity index is 2.23. The Kier molecular flexibility index (Phi) is 3.77. The minimum Gasteiger partial charge on any atom is -0.323 e. The average Bonchev–Trinajstić information content (AvgIpc) is 2.88. The van der Waals surface area contributed by atoms with E-state index in [2.05, 4.69) is 30.9 Å². The normalized spacial score (nSPS) is 12.9. The molecule has 0 radical (unpaired) electrons. The van der Waals surface area contributed by atoms with Crippen molar-refractivity contribution < 1.29 is 0 Å². The molecule has 96 valence electrons. The Morgan fingerprint density at radius 1 is 1.22 bits per heavy atom. The first-order valence-electron chi connectivity index (χ1n) is 6.39. The van der Waals surface area contributed by atoms with Gasteiger partial charge in [0, 0.05) is 12.2 Å². The van der Waals surface area contributed by atoms with Gasteiger partial charge in [0.05, 0.1) is 23.3 Å². The van der Waals surface area contributed by atoms with Gasteiger partial charge in [0.1, 0.15) is 0 Å². The summed E-state index contributed by atoms with van der Waals surface area (Å²) in [6, 6.07) is 6.04. The SMILES string of the molecule is CC[C@H](N)c1ccc(-n2ccc(C(C)C)n2)cn1. The van der Waals surface area contributed by atoms with E-state index in [0.29, 0.717) is 5.92 Å². The van der Waals surface area contributed by atoms with Gasteiger partial charge >= 0.3 is 0 Å². The Hall–Kier alpha value is -1.68. The van der Waals surface area contributed by atoms with Crippen LogP contribution in [0.25, 0.3) is 5.69 Å². The first-order chi connectivity index (χ1) is 8.61. The second-order valence-corrected chi connectivity index (χ2v) is 4.80. The Labute approximate surface area is 108 Å². The van der Waals surface area contributed by atoms with Crippen LogP contribution >= 0.6 is 0 Å². The van der Waals surface area contributed by atoms with Crippen LogP contribution in [0.4, 0.5) is 0 Å². The Morgan fingerprint density at radius 3 is 2.50 bits per heavy atom. The van der Waals surface area contributed by atoms with Crippen LogP contribution in [0.5, 0.6) is 0 Å². The molecule has 0 bridgehead atoms. The number of rotatable bonds is 4. The molecule has 0 spiro atoms. The molecule has 2 heterocycles. The third-order valence-electron chi connectivity index (χ3n) is 3.06. The van der Waals surface area contributed by atoms with Crippen molar-refractivity contribution >= 4 is 0 Å². The number of hydrogen-bond acceptors (Lipinski definition) is 3. The Bertz CT molecular complexity index is 499. The lowest BCUT2D eigenvalue weighted by Crippen LogP contribution is -2.10. The molecule has 0 aliphatic heterocycles. The molecule has 1 atom stereocenters.